The Morgan fingerprint density at radius 3 is 2.46 bits per heavy atom. The Morgan fingerprint density at radius 1 is 1.14 bits per heavy atom. The molecule has 1 aromatic heterocycles. The van der Waals surface area contributed by atoms with Crippen molar-refractivity contribution in [2.24, 2.45) is 0 Å². The Kier molecular flexibility index (Phi) is 6.24. The second kappa shape index (κ2) is 8.96. The number of hydrogen-bond acceptors (Lipinski definition) is 5. The van der Waals surface area contributed by atoms with Crippen LogP contribution in [0.3, 0.4) is 0 Å². The van der Waals surface area contributed by atoms with Crippen LogP contribution in [0.4, 0.5) is 14.6 Å². The first-order valence-corrected chi connectivity index (χ1v) is 12.7. The predicted molar refractivity (Wildman–Crippen MR) is 132 cm³/mol. The van der Waals surface area contributed by atoms with Crippen molar-refractivity contribution >= 4 is 23.3 Å². The van der Waals surface area contributed by atoms with E-state index in [0.29, 0.717) is 42.6 Å². The normalized spacial score (nSPS) is 26.0. The number of nitrogens with one attached hydrogen (secondary N) is 1. The second-order valence-corrected chi connectivity index (χ2v) is 11.2. The van der Waals surface area contributed by atoms with Gasteiger partial charge in [0.25, 0.3) is 5.92 Å². The molecule has 1 aromatic carbocycles. The van der Waals surface area contributed by atoms with Crippen molar-refractivity contribution in [2.45, 2.75) is 69.4 Å². The first-order chi connectivity index (χ1) is 16.6. The van der Waals surface area contributed by atoms with Crippen LogP contribution in [0.1, 0.15) is 68.7 Å². The van der Waals surface area contributed by atoms with Gasteiger partial charge in [0.1, 0.15) is 17.8 Å². The minimum Gasteiger partial charge on any atom is -0.353 e. The predicted octanol–water partition coefficient (Wildman–Crippen LogP) is 4.69. The standard InChI is InChI=1S/C26H32ClF2N5O/c1-16-14-26(28,29)22-20(16)23(31-15-30-22)33-10-12-34(13-11-33)24(35)21(17-4-6-18(27)7-5-17)19-8-9-25(2,3)32-19/h4-7,15-16,19,21,32H,8-14H2,1-3H3/t16-,19+,21+/m1/s1. The molecule has 9 heteroatoms. The largest absolute Gasteiger partial charge is 0.353 e. The van der Waals surface area contributed by atoms with E-state index in [1.54, 1.807) is 6.92 Å². The third-order valence-electron chi connectivity index (χ3n) is 7.71. The second-order valence-electron chi connectivity index (χ2n) is 10.8. The van der Waals surface area contributed by atoms with Gasteiger partial charge in [-0.05, 0) is 50.3 Å². The minimum absolute atomic E-state index is 0.0134. The number of aromatic nitrogens is 2. The highest BCUT2D eigenvalue weighted by Gasteiger charge is 2.47. The van der Waals surface area contributed by atoms with Crippen molar-refractivity contribution in [1.29, 1.82) is 0 Å². The number of amides is 1. The first kappa shape index (κ1) is 24.4. The molecule has 3 aliphatic rings. The number of anilines is 1. The Balaban J connectivity index is 1.34. The smallest absolute Gasteiger partial charge is 0.290 e. The molecule has 3 heterocycles. The average Bonchev–Trinajstić information content (AvgIpc) is 3.30. The summed E-state index contributed by atoms with van der Waals surface area (Å²) in [5.41, 5.74) is 1.35. The number of rotatable bonds is 4. The van der Waals surface area contributed by atoms with Crippen LogP contribution in [-0.4, -0.2) is 58.5 Å². The van der Waals surface area contributed by atoms with E-state index in [2.05, 4.69) is 29.1 Å². The van der Waals surface area contributed by atoms with Gasteiger partial charge in [0, 0.05) is 54.8 Å². The quantitative estimate of drug-likeness (QED) is 0.655. The van der Waals surface area contributed by atoms with E-state index in [1.165, 1.54) is 6.33 Å². The van der Waals surface area contributed by atoms with Gasteiger partial charge in [0.2, 0.25) is 5.91 Å². The number of carbonyl (C=O) groups excluding carboxylic acids is 1. The number of carbonyl (C=O) groups is 1. The van der Waals surface area contributed by atoms with Crippen LogP contribution in [0.5, 0.6) is 0 Å². The molecule has 0 unspecified atom stereocenters. The van der Waals surface area contributed by atoms with Crippen LogP contribution >= 0.6 is 11.6 Å². The fraction of sp³-hybridized carbons (Fsp3) is 0.577. The molecule has 188 valence electrons. The lowest BCUT2D eigenvalue weighted by atomic mass is 9.88. The molecule has 0 spiro atoms. The van der Waals surface area contributed by atoms with Gasteiger partial charge in [0.15, 0.2) is 0 Å². The molecule has 2 aromatic rings. The van der Waals surface area contributed by atoms with Crippen LogP contribution in [0.2, 0.25) is 5.02 Å². The monoisotopic (exact) mass is 503 g/mol. The maximum atomic E-state index is 14.4. The van der Waals surface area contributed by atoms with E-state index in [4.69, 9.17) is 11.6 Å². The lowest BCUT2D eigenvalue weighted by molar-refractivity contribution is -0.133. The number of alkyl halides is 2. The van der Waals surface area contributed by atoms with Gasteiger partial charge in [-0.3, -0.25) is 4.79 Å². The fourth-order valence-electron chi connectivity index (χ4n) is 5.93. The highest BCUT2D eigenvalue weighted by molar-refractivity contribution is 6.30. The van der Waals surface area contributed by atoms with E-state index in [0.717, 1.165) is 18.4 Å². The van der Waals surface area contributed by atoms with Crippen LogP contribution in [0.25, 0.3) is 0 Å². The number of benzene rings is 1. The maximum Gasteiger partial charge on any atom is 0.290 e. The van der Waals surface area contributed by atoms with E-state index in [-0.39, 0.29) is 41.4 Å². The summed E-state index contributed by atoms with van der Waals surface area (Å²) in [4.78, 5) is 26.1. The molecule has 2 saturated heterocycles. The SMILES string of the molecule is C[C@@H]1CC(F)(F)c2ncnc(N3CCN(C(=O)[C@@H](c4ccc(Cl)cc4)[C@@H]4CCC(C)(C)N4)CC3)c21. The molecule has 2 fully saturated rings. The molecule has 0 saturated carbocycles. The van der Waals surface area contributed by atoms with E-state index in [1.807, 2.05) is 34.1 Å². The summed E-state index contributed by atoms with van der Waals surface area (Å²) >= 11 is 6.12. The van der Waals surface area contributed by atoms with Gasteiger partial charge < -0.3 is 15.1 Å². The molecule has 0 radical (unpaired) electrons. The number of fused-ring (bicyclic) bond motifs is 1. The fourth-order valence-corrected chi connectivity index (χ4v) is 6.06. The molecule has 0 bridgehead atoms. The zero-order valence-electron chi connectivity index (χ0n) is 20.4. The van der Waals surface area contributed by atoms with Gasteiger partial charge in [-0.1, -0.05) is 30.7 Å². The summed E-state index contributed by atoms with van der Waals surface area (Å²) in [6, 6.07) is 7.61. The van der Waals surface area contributed by atoms with Gasteiger partial charge in [0.05, 0.1) is 5.92 Å². The van der Waals surface area contributed by atoms with Gasteiger partial charge in [-0.25, -0.2) is 9.97 Å². The molecular weight excluding hydrogens is 472 g/mol. The summed E-state index contributed by atoms with van der Waals surface area (Å²) in [6.07, 6.45) is 2.93. The molecule has 1 amide bonds. The molecule has 5 rings (SSSR count). The van der Waals surface area contributed by atoms with Crippen molar-refractivity contribution in [2.75, 3.05) is 31.1 Å². The van der Waals surface area contributed by atoms with Crippen molar-refractivity contribution in [3.63, 3.8) is 0 Å². The van der Waals surface area contributed by atoms with Crippen molar-refractivity contribution in [3.8, 4) is 0 Å². The average molecular weight is 504 g/mol. The number of halogens is 3. The Hall–Kier alpha value is -2.32. The molecule has 2 aliphatic heterocycles. The lowest BCUT2D eigenvalue weighted by Gasteiger charge is -2.39. The van der Waals surface area contributed by atoms with Crippen LogP contribution in [-0.2, 0) is 10.7 Å². The Labute approximate surface area is 210 Å². The highest BCUT2D eigenvalue weighted by atomic mass is 35.5. The van der Waals surface area contributed by atoms with Crippen LogP contribution < -0.4 is 10.2 Å². The van der Waals surface area contributed by atoms with Gasteiger partial charge in [-0.2, -0.15) is 8.78 Å². The third-order valence-corrected chi connectivity index (χ3v) is 7.96. The molecule has 1 N–H and O–H groups in total. The minimum atomic E-state index is -2.92. The van der Waals surface area contributed by atoms with Crippen molar-refractivity contribution in [1.82, 2.24) is 20.2 Å². The lowest BCUT2D eigenvalue weighted by Crippen LogP contribution is -2.53. The number of nitrogens with zero attached hydrogens (tertiary/aromatic N) is 4. The van der Waals surface area contributed by atoms with Crippen molar-refractivity contribution in [3.05, 3.63) is 52.4 Å². The molecule has 3 atom stereocenters. The van der Waals surface area contributed by atoms with E-state index < -0.39 is 5.92 Å². The molecule has 1 aliphatic carbocycles. The maximum absolute atomic E-state index is 14.4. The first-order valence-electron chi connectivity index (χ1n) is 12.4. The molecule has 35 heavy (non-hydrogen) atoms. The zero-order valence-corrected chi connectivity index (χ0v) is 21.2. The summed E-state index contributed by atoms with van der Waals surface area (Å²) in [6.45, 7) is 8.26. The summed E-state index contributed by atoms with van der Waals surface area (Å²) in [5.74, 6) is -2.85. The van der Waals surface area contributed by atoms with Crippen LogP contribution in [0.15, 0.2) is 30.6 Å². The van der Waals surface area contributed by atoms with Crippen LogP contribution in [0, 0.1) is 0 Å². The molecular formula is C26H32ClF2N5O. The van der Waals surface area contributed by atoms with Crippen molar-refractivity contribution < 1.29 is 13.6 Å². The Bertz CT molecular complexity index is 1100. The number of hydrogen-bond donors (Lipinski definition) is 1. The van der Waals surface area contributed by atoms with Gasteiger partial charge >= 0.3 is 0 Å². The van der Waals surface area contributed by atoms with E-state index >= 15 is 0 Å². The summed E-state index contributed by atoms with van der Waals surface area (Å²) < 4.78 is 28.8. The zero-order chi connectivity index (χ0) is 25.0. The Morgan fingerprint density at radius 2 is 1.83 bits per heavy atom. The third kappa shape index (κ3) is 4.62. The number of piperazine rings is 1. The topological polar surface area (TPSA) is 61.4 Å². The summed E-state index contributed by atoms with van der Waals surface area (Å²) in [7, 11) is 0. The highest BCUT2D eigenvalue weighted by Crippen LogP contribution is 2.49. The molecule has 6 nitrogen and oxygen atoms in total. The van der Waals surface area contributed by atoms with E-state index in [9.17, 15) is 13.6 Å². The summed E-state index contributed by atoms with van der Waals surface area (Å²) in [5, 5.41) is 4.30. The van der Waals surface area contributed by atoms with Gasteiger partial charge in [-0.15, -0.1) is 0 Å².